The van der Waals surface area contributed by atoms with E-state index >= 15 is 0 Å². The van der Waals surface area contributed by atoms with E-state index in [1.54, 1.807) is 6.20 Å². The zero-order chi connectivity index (χ0) is 16.1. The maximum absolute atomic E-state index is 11.5. The van der Waals surface area contributed by atoms with Crippen LogP contribution in [0.1, 0.15) is 26.2 Å². The fourth-order valence-electron chi connectivity index (χ4n) is 3.26. The number of fused-ring (bicyclic) bond motifs is 1. The highest BCUT2D eigenvalue weighted by molar-refractivity contribution is 7.99. The molecule has 0 bridgehead atoms. The van der Waals surface area contributed by atoms with Gasteiger partial charge in [0, 0.05) is 25.7 Å². The average molecular weight is 336 g/mol. The lowest BCUT2D eigenvalue weighted by atomic mass is 9.99. The van der Waals surface area contributed by atoms with Gasteiger partial charge in [0.25, 0.3) is 0 Å². The number of thioether (sulfide) groups is 1. The molecule has 7 heteroatoms. The molecular weight excluding hydrogens is 312 g/mol. The lowest BCUT2D eigenvalue weighted by molar-refractivity contribution is -0.139. The summed E-state index contributed by atoms with van der Waals surface area (Å²) < 4.78 is 4.95. The van der Waals surface area contributed by atoms with Gasteiger partial charge in [-0.25, -0.2) is 4.98 Å². The maximum Gasteiger partial charge on any atom is 0.316 e. The van der Waals surface area contributed by atoms with Gasteiger partial charge in [-0.15, -0.1) is 0 Å². The predicted octanol–water partition coefficient (Wildman–Crippen LogP) is 1.81. The number of aromatic nitrogens is 2. The van der Waals surface area contributed by atoms with Gasteiger partial charge in [-0.1, -0.05) is 18.2 Å². The Bertz CT molecular complexity index is 543. The van der Waals surface area contributed by atoms with E-state index in [4.69, 9.17) is 4.74 Å². The number of anilines is 1. The molecule has 0 amide bonds. The molecule has 2 aliphatic rings. The quantitative estimate of drug-likeness (QED) is 0.600. The normalized spacial score (nSPS) is 21.8. The van der Waals surface area contributed by atoms with Gasteiger partial charge < -0.3 is 9.64 Å². The molecule has 2 saturated heterocycles. The zero-order valence-electron chi connectivity index (χ0n) is 13.6. The molecule has 0 aromatic carbocycles. The molecule has 0 saturated carbocycles. The second-order valence-corrected chi connectivity index (χ2v) is 6.94. The Balaban J connectivity index is 1.59. The Morgan fingerprint density at radius 3 is 3.13 bits per heavy atom. The molecule has 2 fully saturated rings. The molecule has 1 aromatic heterocycles. The van der Waals surface area contributed by atoms with Crippen LogP contribution in [0.3, 0.4) is 0 Å². The SMILES string of the molecule is CCOC(=O)CSc1cncc(N2CCN3CCCCC3C2)n1. The van der Waals surface area contributed by atoms with Gasteiger partial charge in [0.2, 0.25) is 0 Å². The van der Waals surface area contributed by atoms with E-state index in [1.165, 1.54) is 37.6 Å². The van der Waals surface area contributed by atoms with Crippen LogP contribution in [-0.4, -0.2) is 65.4 Å². The topological polar surface area (TPSA) is 58.6 Å². The van der Waals surface area contributed by atoms with Crippen molar-refractivity contribution in [3.63, 3.8) is 0 Å². The van der Waals surface area contributed by atoms with Gasteiger partial charge in [-0.2, -0.15) is 0 Å². The number of rotatable bonds is 5. The lowest BCUT2D eigenvalue weighted by Crippen LogP contribution is -2.55. The van der Waals surface area contributed by atoms with Crippen molar-refractivity contribution < 1.29 is 9.53 Å². The molecule has 23 heavy (non-hydrogen) atoms. The molecule has 0 aliphatic carbocycles. The van der Waals surface area contributed by atoms with Crippen molar-refractivity contribution in [2.75, 3.05) is 43.4 Å². The van der Waals surface area contributed by atoms with Crippen LogP contribution in [0.25, 0.3) is 0 Å². The minimum atomic E-state index is -0.208. The average Bonchev–Trinajstić information content (AvgIpc) is 2.60. The number of carbonyl (C=O) groups is 1. The Kier molecular flexibility index (Phi) is 5.72. The van der Waals surface area contributed by atoms with Crippen LogP contribution in [0.5, 0.6) is 0 Å². The summed E-state index contributed by atoms with van der Waals surface area (Å²) in [4.78, 5) is 25.3. The van der Waals surface area contributed by atoms with E-state index in [0.29, 0.717) is 12.6 Å². The number of nitrogens with zero attached hydrogens (tertiary/aromatic N) is 4. The summed E-state index contributed by atoms with van der Waals surface area (Å²) >= 11 is 1.38. The first-order chi connectivity index (χ1) is 11.3. The monoisotopic (exact) mass is 336 g/mol. The van der Waals surface area contributed by atoms with E-state index in [2.05, 4.69) is 19.8 Å². The van der Waals surface area contributed by atoms with Crippen molar-refractivity contribution >= 4 is 23.5 Å². The summed E-state index contributed by atoms with van der Waals surface area (Å²) in [7, 11) is 0. The molecule has 3 heterocycles. The summed E-state index contributed by atoms with van der Waals surface area (Å²) in [6.45, 7) is 6.59. The Labute approximate surface area is 141 Å². The fourth-order valence-corrected chi connectivity index (χ4v) is 3.90. The van der Waals surface area contributed by atoms with Crippen LogP contribution in [0.15, 0.2) is 17.4 Å². The van der Waals surface area contributed by atoms with Crippen LogP contribution >= 0.6 is 11.8 Å². The Hall–Kier alpha value is -1.34. The largest absolute Gasteiger partial charge is 0.465 e. The van der Waals surface area contributed by atoms with E-state index < -0.39 is 0 Å². The summed E-state index contributed by atoms with van der Waals surface area (Å²) in [5.74, 6) is 0.993. The van der Waals surface area contributed by atoms with Crippen LogP contribution in [-0.2, 0) is 9.53 Å². The summed E-state index contributed by atoms with van der Waals surface area (Å²) in [5.41, 5.74) is 0. The highest BCUT2D eigenvalue weighted by Crippen LogP contribution is 2.25. The summed E-state index contributed by atoms with van der Waals surface area (Å²) in [6, 6.07) is 0.648. The number of esters is 1. The van der Waals surface area contributed by atoms with Gasteiger partial charge in [-0.05, 0) is 26.3 Å². The first kappa shape index (κ1) is 16.5. The zero-order valence-corrected chi connectivity index (χ0v) is 14.4. The number of piperidine rings is 1. The molecule has 3 rings (SSSR count). The molecule has 2 aliphatic heterocycles. The van der Waals surface area contributed by atoms with Crippen LogP contribution < -0.4 is 4.90 Å². The van der Waals surface area contributed by atoms with Crippen molar-refractivity contribution in [2.24, 2.45) is 0 Å². The third-order valence-corrected chi connectivity index (χ3v) is 5.28. The fraction of sp³-hybridized carbons (Fsp3) is 0.688. The van der Waals surface area contributed by atoms with Crippen molar-refractivity contribution in [1.82, 2.24) is 14.9 Å². The van der Waals surface area contributed by atoms with Crippen LogP contribution in [0.2, 0.25) is 0 Å². The van der Waals surface area contributed by atoms with Gasteiger partial charge in [0.1, 0.15) is 10.8 Å². The van der Waals surface area contributed by atoms with E-state index in [0.717, 1.165) is 30.5 Å². The second-order valence-electron chi connectivity index (χ2n) is 5.94. The maximum atomic E-state index is 11.5. The molecule has 6 nitrogen and oxygen atoms in total. The molecule has 126 valence electrons. The third kappa shape index (κ3) is 4.35. The van der Waals surface area contributed by atoms with Crippen molar-refractivity contribution in [3.8, 4) is 0 Å². The summed E-state index contributed by atoms with van der Waals surface area (Å²) in [6.07, 6.45) is 7.48. The van der Waals surface area contributed by atoms with Gasteiger partial charge in [0.05, 0.1) is 24.8 Å². The van der Waals surface area contributed by atoms with Crippen LogP contribution in [0.4, 0.5) is 5.82 Å². The first-order valence-corrected chi connectivity index (χ1v) is 9.34. The standard InChI is InChI=1S/C16H24N4O2S/c1-2-22-16(21)12-23-15-10-17-9-14(18-15)20-8-7-19-6-4-3-5-13(19)11-20/h9-10,13H,2-8,11-12H2,1H3. The summed E-state index contributed by atoms with van der Waals surface area (Å²) in [5, 5.41) is 0.779. The highest BCUT2D eigenvalue weighted by Gasteiger charge is 2.29. The first-order valence-electron chi connectivity index (χ1n) is 8.35. The second kappa shape index (κ2) is 7.97. The van der Waals surface area contributed by atoms with E-state index in [1.807, 2.05) is 13.1 Å². The molecule has 1 aromatic rings. The molecule has 1 atom stereocenters. The van der Waals surface area contributed by atoms with Crippen molar-refractivity contribution in [2.45, 2.75) is 37.3 Å². The molecule has 1 unspecified atom stereocenters. The van der Waals surface area contributed by atoms with Crippen molar-refractivity contribution in [1.29, 1.82) is 0 Å². The lowest BCUT2D eigenvalue weighted by Gasteiger charge is -2.44. The predicted molar refractivity (Wildman–Crippen MR) is 90.8 cm³/mol. The number of ether oxygens (including phenoxy) is 1. The molecule has 0 N–H and O–H groups in total. The number of hydrogen-bond acceptors (Lipinski definition) is 7. The third-order valence-electron chi connectivity index (χ3n) is 4.40. The molecule has 0 radical (unpaired) electrons. The Morgan fingerprint density at radius 2 is 2.26 bits per heavy atom. The van der Waals surface area contributed by atoms with E-state index in [-0.39, 0.29) is 11.7 Å². The Morgan fingerprint density at radius 1 is 1.35 bits per heavy atom. The van der Waals surface area contributed by atoms with Gasteiger partial charge in [-0.3, -0.25) is 14.7 Å². The molecule has 0 spiro atoms. The highest BCUT2D eigenvalue weighted by atomic mass is 32.2. The minimum Gasteiger partial charge on any atom is -0.465 e. The number of carbonyl (C=O) groups excluding carboxylic acids is 1. The molecular formula is C16H24N4O2S. The van der Waals surface area contributed by atoms with Gasteiger partial charge >= 0.3 is 5.97 Å². The van der Waals surface area contributed by atoms with Crippen molar-refractivity contribution in [3.05, 3.63) is 12.4 Å². The van der Waals surface area contributed by atoms with Gasteiger partial charge in [0.15, 0.2) is 0 Å². The smallest absolute Gasteiger partial charge is 0.316 e. The van der Waals surface area contributed by atoms with Crippen LogP contribution in [0, 0.1) is 0 Å². The van der Waals surface area contributed by atoms with E-state index in [9.17, 15) is 4.79 Å². The number of hydrogen-bond donors (Lipinski definition) is 0. The number of piperazine rings is 1. The minimum absolute atomic E-state index is 0.208.